The third-order valence-electron chi connectivity index (χ3n) is 8.62. The van der Waals surface area contributed by atoms with E-state index >= 15 is 0 Å². The van der Waals surface area contributed by atoms with Crippen LogP contribution in [0.1, 0.15) is 79.6 Å². The largest absolute Gasteiger partial charge is 0.136 e. The lowest BCUT2D eigenvalue weighted by atomic mass is 9.87. The van der Waals surface area contributed by atoms with E-state index in [9.17, 15) is 5.21 Å². The fourth-order valence-electron chi connectivity index (χ4n) is 6.52. The van der Waals surface area contributed by atoms with Crippen molar-refractivity contribution >= 4 is 23.2 Å². The van der Waals surface area contributed by atoms with Crippen molar-refractivity contribution in [3.63, 3.8) is 0 Å². The molecule has 1 heterocycles. The molecular weight excluding hydrogens is 481 g/mol. The van der Waals surface area contributed by atoms with Crippen LogP contribution in [0.2, 0.25) is 0 Å². The lowest BCUT2D eigenvalue weighted by Crippen LogP contribution is -2.48. The molecule has 0 bridgehead atoms. The van der Waals surface area contributed by atoms with Crippen LogP contribution in [-0.2, 0) is 5.21 Å². The van der Waals surface area contributed by atoms with Gasteiger partial charge in [0.1, 0.15) is 23.2 Å². The average Bonchev–Trinajstić information content (AvgIpc) is 3.06. The summed E-state index contributed by atoms with van der Waals surface area (Å²) in [5.41, 5.74) is 1.68. The Kier molecular flexibility index (Phi) is 9.30. The molecule has 38 heavy (non-hydrogen) atoms. The summed E-state index contributed by atoms with van der Waals surface area (Å²) in [5, 5.41) is 19.5. The van der Waals surface area contributed by atoms with E-state index in [4.69, 9.17) is 0 Å². The second-order valence-electron chi connectivity index (χ2n) is 11.9. The summed E-state index contributed by atoms with van der Waals surface area (Å²) in [6.07, 6.45) is 9.49. The second-order valence-corrected chi connectivity index (χ2v) is 15.3. The van der Waals surface area contributed by atoms with E-state index in [-0.39, 0.29) is 0 Å². The van der Waals surface area contributed by atoms with Gasteiger partial charge in [-0.2, -0.15) is 0 Å². The summed E-state index contributed by atoms with van der Waals surface area (Å²) >= 11 is 0. The van der Waals surface area contributed by atoms with Crippen LogP contribution in [0.4, 0.5) is 0 Å². The van der Waals surface area contributed by atoms with Crippen molar-refractivity contribution in [2.75, 3.05) is 6.16 Å². The van der Waals surface area contributed by atoms with Crippen molar-refractivity contribution < 1.29 is 5.21 Å². The number of rotatable bonds is 12. The SMILES string of the molecule is CCCCCCCCC1=C(C[P+](c2ccccc2)(c2ccccc2)c2ccccc2)C(C)(C)N([O])C1(C)C. The molecule has 3 heteroatoms. The molecule has 0 aliphatic carbocycles. The highest BCUT2D eigenvalue weighted by Crippen LogP contribution is 2.60. The van der Waals surface area contributed by atoms with E-state index in [0.717, 1.165) is 19.0 Å². The molecule has 1 aliphatic heterocycles. The highest BCUT2D eigenvalue weighted by molar-refractivity contribution is 7.95. The molecule has 1 radical (unpaired) electrons. The highest BCUT2D eigenvalue weighted by Gasteiger charge is 2.56. The Balaban J connectivity index is 1.88. The topological polar surface area (TPSA) is 23.1 Å². The van der Waals surface area contributed by atoms with Crippen LogP contribution < -0.4 is 15.9 Å². The van der Waals surface area contributed by atoms with Crippen LogP contribution >= 0.6 is 7.26 Å². The summed E-state index contributed by atoms with van der Waals surface area (Å²) in [5.74, 6) is 0. The predicted octanol–water partition coefficient (Wildman–Crippen LogP) is 8.25. The lowest BCUT2D eigenvalue weighted by molar-refractivity contribution is -0.240. The van der Waals surface area contributed by atoms with Crippen molar-refractivity contribution in [3.05, 3.63) is 102 Å². The Morgan fingerprint density at radius 3 is 1.42 bits per heavy atom. The fourth-order valence-corrected chi connectivity index (χ4v) is 11.1. The van der Waals surface area contributed by atoms with E-state index in [1.807, 2.05) is 0 Å². The maximum atomic E-state index is 13.9. The summed E-state index contributed by atoms with van der Waals surface area (Å²) < 4.78 is 0. The number of unbranched alkanes of at least 4 members (excludes halogenated alkanes) is 5. The van der Waals surface area contributed by atoms with Gasteiger partial charge in [0.05, 0.1) is 17.2 Å². The number of hydrogen-bond donors (Lipinski definition) is 0. The zero-order chi connectivity index (χ0) is 27.2. The quantitative estimate of drug-likeness (QED) is 0.132. The molecule has 0 saturated heterocycles. The van der Waals surface area contributed by atoms with E-state index in [0.29, 0.717) is 0 Å². The van der Waals surface area contributed by atoms with Gasteiger partial charge in [0.15, 0.2) is 0 Å². The second kappa shape index (κ2) is 12.3. The predicted molar refractivity (Wildman–Crippen MR) is 166 cm³/mol. The molecule has 2 nitrogen and oxygen atoms in total. The first kappa shape index (κ1) is 28.8. The van der Waals surface area contributed by atoms with Crippen molar-refractivity contribution in [1.82, 2.24) is 5.06 Å². The molecule has 0 fully saturated rings. The minimum absolute atomic E-state index is 0.498. The third kappa shape index (κ3) is 5.55. The Hall–Kier alpha value is -2.25. The molecule has 0 spiro atoms. The number of hydroxylamine groups is 2. The van der Waals surface area contributed by atoms with Crippen molar-refractivity contribution in [2.24, 2.45) is 0 Å². The summed E-state index contributed by atoms with van der Waals surface area (Å²) in [4.78, 5) is 0. The van der Waals surface area contributed by atoms with Gasteiger partial charge in [-0.3, -0.25) is 0 Å². The standard InChI is InChI=1S/C35H46NOP/c1-6-7-8-9-10-20-27-32-33(35(4,5)36(37)34(32,2)3)28-38(29-21-14-11-15-22-29,30-23-16-12-17-24-30)31-25-18-13-19-26-31/h11-19,21-26H,6-10,20,27-28H2,1-5H3/q+1. The van der Waals surface area contributed by atoms with Gasteiger partial charge >= 0.3 is 0 Å². The number of nitrogens with zero attached hydrogens (tertiary/aromatic N) is 1. The molecule has 4 rings (SSSR count). The van der Waals surface area contributed by atoms with Crippen LogP contribution in [0.5, 0.6) is 0 Å². The first-order chi connectivity index (χ1) is 18.3. The first-order valence-electron chi connectivity index (χ1n) is 14.5. The van der Waals surface area contributed by atoms with E-state index in [1.165, 1.54) is 64.2 Å². The summed E-state index contributed by atoms with van der Waals surface area (Å²) in [6.45, 7) is 10.9. The molecule has 0 aromatic heterocycles. The van der Waals surface area contributed by atoms with Gasteiger partial charge < -0.3 is 0 Å². The monoisotopic (exact) mass is 527 g/mol. The molecule has 201 valence electrons. The van der Waals surface area contributed by atoms with Crippen LogP contribution in [0.3, 0.4) is 0 Å². The highest BCUT2D eigenvalue weighted by atomic mass is 31.2. The Labute approximate surface area is 232 Å². The molecule has 0 saturated carbocycles. The minimum Gasteiger partial charge on any atom is -0.136 e. The zero-order valence-corrected chi connectivity index (χ0v) is 25.0. The van der Waals surface area contributed by atoms with Gasteiger partial charge in [-0.1, -0.05) is 93.6 Å². The van der Waals surface area contributed by atoms with Gasteiger partial charge in [0.25, 0.3) is 0 Å². The first-order valence-corrected chi connectivity index (χ1v) is 16.5. The Bertz CT molecular complexity index is 1090. The summed E-state index contributed by atoms with van der Waals surface area (Å²) in [7, 11) is -2.08. The Morgan fingerprint density at radius 1 is 0.579 bits per heavy atom. The molecule has 1 aliphatic rings. The van der Waals surface area contributed by atoms with Gasteiger partial charge in [-0.05, 0) is 88.1 Å². The van der Waals surface area contributed by atoms with E-state index < -0.39 is 18.3 Å². The van der Waals surface area contributed by atoms with Gasteiger partial charge in [-0.15, -0.1) is 10.3 Å². The maximum Gasteiger partial charge on any atom is 0.116 e. The Morgan fingerprint density at radius 2 is 0.974 bits per heavy atom. The molecular formula is C35H46NOP+. The smallest absolute Gasteiger partial charge is 0.116 e. The molecule has 0 N–H and O–H groups in total. The number of benzene rings is 3. The molecule has 0 unspecified atom stereocenters. The van der Waals surface area contributed by atoms with Crippen LogP contribution in [0, 0.1) is 0 Å². The molecule has 0 atom stereocenters. The molecule has 3 aromatic carbocycles. The maximum absolute atomic E-state index is 13.9. The third-order valence-corrected chi connectivity index (χ3v) is 13.0. The normalized spacial score (nSPS) is 17.2. The summed E-state index contributed by atoms with van der Waals surface area (Å²) in [6, 6.07) is 33.2. The van der Waals surface area contributed by atoms with Gasteiger partial charge in [-0.25, -0.2) is 0 Å². The lowest BCUT2D eigenvalue weighted by Gasteiger charge is -2.36. The minimum atomic E-state index is -2.08. The van der Waals surface area contributed by atoms with Crippen molar-refractivity contribution in [3.8, 4) is 0 Å². The van der Waals surface area contributed by atoms with Gasteiger partial charge in [0.2, 0.25) is 0 Å². The van der Waals surface area contributed by atoms with Crippen LogP contribution in [-0.4, -0.2) is 22.3 Å². The van der Waals surface area contributed by atoms with Crippen LogP contribution in [0.15, 0.2) is 102 Å². The van der Waals surface area contributed by atoms with Crippen LogP contribution in [0.25, 0.3) is 0 Å². The van der Waals surface area contributed by atoms with Crippen molar-refractivity contribution in [1.29, 1.82) is 0 Å². The van der Waals surface area contributed by atoms with E-state index in [2.05, 4.69) is 126 Å². The molecule has 0 amide bonds. The fraction of sp³-hybridized carbons (Fsp3) is 0.429. The van der Waals surface area contributed by atoms with E-state index in [1.54, 1.807) is 0 Å². The van der Waals surface area contributed by atoms with Crippen molar-refractivity contribution in [2.45, 2.75) is 90.6 Å². The van der Waals surface area contributed by atoms with Gasteiger partial charge in [0, 0.05) is 0 Å². The average molecular weight is 528 g/mol. The zero-order valence-electron chi connectivity index (χ0n) is 24.1. The number of hydrogen-bond acceptors (Lipinski definition) is 1. The molecule has 3 aromatic rings.